The van der Waals surface area contributed by atoms with Gasteiger partial charge in [0.25, 0.3) is 5.91 Å². The molecule has 6 nitrogen and oxygen atoms in total. The van der Waals surface area contributed by atoms with E-state index in [1.807, 2.05) is 18.2 Å². The lowest BCUT2D eigenvalue weighted by molar-refractivity contribution is 0.0395. The number of amides is 1. The lowest BCUT2D eigenvalue weighted by Gasteiger charge is -2.34. The fourth-order valence-corrected chi connectivity index (χ4v) is 3.45. The summed E-state index contributed by atoms with van der Waals surface area (Å²) in [6.45, 7) is 1.83. The third-order valence-corrected chi connectivity index (χ3v) is 4.86. The molecule has 3 aromatic rings. The van der Waals surface area contributed by atoms with Gasteiger partial charge in [-0.15, -0.1) is 0 Å². The van der Waals surface area contributed by atoms with Crippen molar-refractivity contribution in [3.05, 3.63) is 65.9 Å². The largest absolute Gasteiger partial charge is 0.497 e. The first-order chi connectivity index (χ1) is 13.2. The van der Waals surface area contributed by atoms with E-state index >= 15 is 0 Å². The highest BCUT2D eigenvalue weighted by Gasteiger charge is 2.25. The van der Waals surface area contributed by atoms with E-state index in [-0.39, 0.29) is 6.10 Å². The predicted molar refractivity (Wildman–Crippen MR) is 104 cm³/mol. The fraction of sp³-hybridized carbons (Fsp3) is 0.238. The van der Waals surface area contributed by atoms with Crippen molar-refractivity contribution in [3.63, 3.8) is 0 Å². The Morgan fingerprint density at radius 3 is 2.85 bits per heavy atom. The molecule has 4 rings (SSSR count). The van der Waals surface area contributed by atoms with Crippen LogP contribution in [0.25, 0.3) is 10.8 Å². The number of primary amides is 1. The minimum absolute atomic E-state index is 0.104. The standard InChI is InChI=1S/C21H21N3O3/c1-26-17-7-6-14-11-16(5-4-15(14)12-17)19-13-24(9-10-27-19)21-18(20(22)25)3-2-8-23-21/h2-8,11-12,19H,9-10,13H2,1H3,(H2,22,25)/t19-/m1/s1. The monoisotopic (exact) mass is 363 g/mol. The normalized spacial score (nSPS) is 17.1. The molecule has 1 fully saturated rings. The van der Waals surface area contributed by atoms with Gasteiger partial charge in [-0.1, -0.05) is 18.2 Å². The van der Waals surface area contributed by atoms with Crippen molar-refractivity contribution >= 4 is 22.5 Å². The zero-order chi connectivity index (χ0) is 18.8. The van der Waals surface area contributed by atoms with E-state index in [2.05, 4.69) is 28.1 Å². The van der Waals surface area contributed by atoms with Crippen molar-refractivity contribution in [2.75, 3.05) is 31.7 Å². The number of ether oxygens (including phenoxy) is 2. The minimum atomic E-state index is -0.471. The molecule has 1 atom stereocenters. The molecule has 1 aromatic heterocycles. The molecule has 1 saturated heterocycles. The van der Waals surface area contributed by atoms with Crippen LogP contribution in [0.1, 0.15) is 22.0 Å². The van der Waals surface area contributed by atoms with Crippen molar-refractivity contribution in [1.82, 2.24) is 4.98 Å². The Bertz CT molecular complexity index is 989. The maximum atomic E-state index is 11.7. The molecule has 0 aliphatic carbocycles. The van der Waals surface area contributed by atoms with Gasteiger partial charge in [0.2, 0.25) is 0 Å². The number of nitrogens with two attached hydrogens (primary N) is 1. The van der Waals surface area contributed by atoms with E-state index in [9.17, 15) is 4.79 Å². The van der Waals surface area contributed by atoms with Crippen molar-refractivity contribution < 1.29 is 14.3 Å². The molecule has 1 aliphatic heterocycles. The second-order valence-electron chi connectivity index (χ2n) is 6.52. The molecule has 0 saturated carbocycles. The summed E-state index contributed by atoms with van der Waals surface area (Å²) in [4.78, 5) is 18.2. The maximum absolute atomic E-state index is 11.7. The number of pyridine rings is 1. The molecular formula is C21H21N3O3. The highest BCUT2D eigenvalue weighted by molar-refractivity contribution is 5.97. The van der Waals surface area contributed by atoms with Crippen LogP contribution in [0.4, 0.5) is 5.82 Å². The average molecular weight is 363 g/mol. The van der Waals surface area contributed by atoms with Gasteiger partial charge in [0.05, 0.1) is 19.3 Å². The summed E-state index contributed by atoms with van der Waals surface area (Å²) in [5.41, 5.74) is 7.03. The average Bonchev–Trinajstić information content (AvgIpc) is 2.73. The van der Waals surface area contributed by atoms with E-state index in [0.29, 0.717) is 31.1 Å². The number of carbonyl (C=O) groups excluding carboxylic acids is 1. The lowest BCUT2D eigenvalue weighted by atomic mass is 10.0. The third kappa shape index (κ3) is 3.44. The predicted octanol–water partition coefficient (Wildman–Crippen LogP) is 2.92. The molecule has 0 unspecified atom stereocenters. The summed E-state index contributed by atoms with van der Waals surface area (Å²) in [5.74, 6) is 0.981. The number of methoxy groups -OCH3 is 1. The summed E-state index contributed by atoms with van der Waals surface area (Å²) in [6, 6.07) is 15.7. The van der Waals surface area contributed by atoms with Crippen LogP contribution in [0, 0.1) is 0 Å². The van der Waals surface area contributed by atoms with Gasteiger partial charge in [-0.2, -0.15) is 0 Å². The van der Waals surface area contributed by atoms with Crippen molar-refractivity contribution in [2.45, 2.75) is 6.10 Å². The molecule has 0 bridgehead atoms. The Morgan fingerprint density at radius 2 is 2.04 bits per heavy atom. The Morgan fingerprint density at radius 1 is 1.22 bits per heavy atom. The number of hydrogen-bond acceptors (Lipinski definition) is 5. The molecule has 0 radical (unpaired) electrons. The topological polar surface area (TPSA) is 77.7 Å². The third-order valence-electron chi connectivity index (χ3n) is 4.86. The van der Waals surface area contributed by atoms with Crippen molar-refractivity contribution in [1.29, 1.82) is 0 Å². The molecule has 0 spiro atoms. The van der Waals surface area contributed by atoms with Gasteiger partial charge >= 0.3 is 0 Å². The maximum Gasteiger partial charge on any atom is 0.252 e. The Hall–Kier alpha value is -3.12. The summed E-state index contributed by atoms with van der Waals surface area (Å²) in [5, 5.41) is 2.25. The van der Waals surface area contributed by atoms with Crippen LogP contribution in [0.2, 0.25) is 0 Å². The molecule has 2 aromatic carbocycles. The number of aromatic nitrogens is 1. The number of morpholine rings is 1. The SMILES string of the molecule is COc1ccc2cc([C@H]3CN(c4ncccc4C(N)=O)CCO3)ccc2c1. The first-order valence-electron chi connectivity index (χ1n) is 8.85. The number of carbonyl (C=O) groups is 1. The van der Waals surface area contributed by atoms with E-state index in [1.54, 1.807) is 25.4 Å². The number of anilines is 1. The fourth-order valence-electron chi connectivity index (χ4n) is 3.45. The highest BCUT2D eigenvalue weighted by Crippen LogP contribution is 2.30. The minimum Gasteiger partial charge on any atom is -0.497 e. The molecular weight excluding hydrogens is 342 g/mol. The first-order valence-corrected chi connectivity index (χ1v) is 8.85. The van der Waals surface area contributed by atoms with Crippen LogP contribution in [-0.2, 0) is 4.74 Å². The molecule has 6 heteroatoms. The van der Waals surface area contributed by atoms with Crippen LogP contribution in [0.15, 0.2) is 54.7 Å². The Balaban J connectivity index is 1.62. The molecule has 2 heterocycles. The summed E-state index contributed by atoms with van der Waals surface area (Å²) in [6.07, 6.45) is 1.57. The second kappa shape index (κ2) is 7.25. The van der Waals surface area contributed by atoms with E-state index in [4.69, 9.17) is 15.2 Å². The first kappa shape index (κ1) is 17.3. The second-order valence-corrected chi connectivity index (χ2v) is 6.52. The quantitative estimate of drug-likeness (QED) is 0.771. The number of rotatable bonds is 4. The van der Waals surface area contributed by atoms with E-state index in [0.717, 1.165) is 22.1 Å². The van der Waals surface area contributed by atoms with Gasteiger partial charge in [-0.05, 0) is 46.7 Å². The van der Waals surface area contributed by atoms with Crippen LogP contribution < -0.4 is 15.4 Å². The molecule has 1 amide bonds. The van der Waals surface area contributed by atoms with Crippen LogP contribution in [-0.4, -0.2) is 37.7 Å². The number of fused-ring (bicyclic) bond motifs is 1. The van der Waals surface area contributed by atoms with Crippen LogP contribution in [0.3, 0.4) is 0 Å². The smallest absolute Gasteiger partial charge is 0.252 e. The van der Waals surface area contributed by atoms with E-state index < -0.39 is 5.91 Å². The van der Waals surface area contributed by atoms with Crippen LogP contribution in [0.5, 0.6) is 5.75 Å². The molecule has 1 aliphatic rings. The number of hydrogen-bond donors (Lipinski definition) is 1. The highest BCUT2D eigenvalue weighted by atomic mass is 16.5. The summed E-state index contributed by atoms with van der Waals surface area (Å²) < 4.78 is 11.3. The molecule has 138 valence electrons. The number of benzene rings is 2. The van der Waals surface area contributed by atoms with Gasteiger partial charge in [-0.25, -0.2) is 4.98 Å². The summed E-state index contributed by atoms with van der Waals surface area (Å²) in [7, 11) is 1.66. The Labute approximate surface area is 157 Å². The van der Waals surface area contributed by atoms with E-state index in [1.165, 1.54) is 0 Å². The molecule has 27 heavy (non-hydrogen) atoms. The van der Waals surface area contributed by atoms with Gasteiger partial charge in [0, 0.05) is 19.3 Å². The summed E-state index contributed by atoms with van der Waals surface area (Å²) >= 11 is 0. The lowest BCUT2D eigenvalue weighted by Crippen LogP contribution is -2.40. The van der Waals surface area contributed by atoms with Crippen molar-refractivity contribution in [2.24, 2.45) is 5.73 Å². The van der Waals surface area contributed by atoms with Gasteiger partial charge in [-0.3, -0.25) is 4.79 Å². The molecule has 2 N–H and O–H groups in total. The van der Waals surface area contributed by atoms with Crippen LogP contribution >= 0.6 is 0 Å². The Kier molecular flexibility index (Phi) is 4.64. The van der Waals surface area contributed by atoms with Gasteiger partial charge in [0.1, 0.15) is 17.7 Å². The van der Waals surface area contributed by atoms with Crippen molar-refractivity contribution in [3.8, 4) is 5.75 Å². The zero-order valence-corrected chi connectivity index (χ0v) is 15.1. The number of nitrogens with zero attached hydrogens (tertiary/aromatic N) is 2. The zero-order valence-electron chi connectivity index (χ0n) is 15.1. The van der Waals surface area contributed by atoms with Gasteiger partial charge in [0.15, 0.2) is 0 Å². The van der Waals surface area contributed by atoms with Gasteiger partial charge < -0.3 is 20.1 Å².